The quantitative estimate of drug-likeness (QED) is 0.197. The summed E-state index contributed by atoms with van der Waals surface area (Å²) < 4.78 is 6.87. The molecule has 0 spiro atoms. The fraction of sp³-hybridized carbons (Fsp3) is 0.673. The third-order valence-electron chi connectivity index (χ3n) is 18.7. The van der Waals surface area contributed by atoms with Crippen molar-refractivity contribution >= 4 is 0 Å². The number of ether oxygens (including phenoxy) is 1. The van der Waals surface area contributed by atoms with Crippen molar-refractivity contribution in [1.82, 2.24) is 4.90 Å². The van der Waals surface area contributed by atoms with Crippen LogP contribution in [-0.4, -0.2) is 35.2 Å². The lowest BCUT2D eigenvalue weighted by Crippen LogP contribution is -2.44. The van der Waals surface area contributed by atoms with Crippen molar-refractivity contribution in [2.75, 3.05) is 0 Å². The number of hydrogen-bond acceptors (Lipinski definition) is 2. The van der Waals surface area contributed by atoms with Gasteiger partial charge in [-0.2, -0.15) is 0 Å². The second-order valence-electron chi connectivity index (χ2n) is 21.5. The average molecular weight is 762 g/mol. The summed E-state index contributed by atoms with van der Waals surface area (Å²) in [5.74, 6) is 8.62. The smallest absolute Gasteiger partial charge is 0.0903 e. The summed E-state index contributed by atoms with van der Waals surface area (Å²) in [7, 11) is 0. The summed E-state index contributed by atoms with van der Waals surface area (Å²) in [5.41, 5.74) is 8.74. The number of hydrogen-bond donors (Lipinski definition) is 0. The van der Waals surface area contributed by atoms with E-state index in [0.29, 0.717) is 35.8 Å². The molecule has 3 saturated heterocycles. The predicted molar refractivity (Wildman–Crippen MR) is 234 cm³/mol. The Labute approximate surface area is 345 Å². The van der Waals surface area contributed by atoms with E-state index in [1.165, 1.54) is 134 Å². The minimum absolute atomic E-state index is 0.213. The molecule has 17 unspecified atom stereocenters. The van der Waals surface area contributed by atoms with Crippen LogP contribution in [0, 0.1) is 65.1 Å². The maximum absolute atomic E-state index is 6.87. The van der Waals surface area contributed by atoms with Gasteiger partial charge in [-0.3, -0.25) is 4.90 Å². The van der Waals surface area contributed by atoms with Crippen LogP contribution in [0.1, 0.15) is 135 Å². The number of fused-ring (bicyclic) bond motifs is 7. The van der Waals surface area contributed by atoms with Gasteiger partial charge in [0, 0.05) is 30.0 Å². The highest BCUT2D eigenvalue weighted by Gasteiger charge is 2.63. The van der Waals surface area contributed by atoms with E-state index in [1.54, 1.807) is 17.6 Å². The van der Waals surface area contributed by atoms with Crippen LogP contribution in [0.2, 0.25) is 0 Å². The van der Waals surface area contributed by atoms with Crippen LogP contribution in [0.25, 0.3) is 0 Å². The first kappa shape index (κ1) is 36.4. The Hall–Kier alpha value is -2.42. The molecule has 12 aliphatic rings. The van der Waals surface area contributed by atoms with Crippen molar-refractivity contribution in [2.45, 2.75) is 165 Å². The summed E-state index contributed by atoms with van der Waals surface area (Å²) >= 11 is 0. The topological polar surface area (TPSA) is 12.2 Å². The molecular formula is C55H71NO. The highest BCUT2D eigenvalue weighted by molar-refractivity contribution is 5.44. The van der Waals surface area contributed by atoms with E-state index in [0.717, 1.165) is 47.5 Å². The molecule has 9 aliphatic carbocycles. The van der Waals surface area contributed by atoms with E-state index >= 15 is 0 Å². The minimum atomic E-state index is 0.213. The van der Waals surface area contributed by atoms with E-state index in [1.807, 2.05) is 11.1 Å². The molecule has 2 heteroatoms. The highest BCUT2D eigenvalue weighted by Crippen LogP contribution is 2.60. The monoisotopic (exact) mass is 762 g/mol. The lowest BCUT2D eigenvalue weighted by molar-refractivity contribution is -0.00409. The van der Waals surface area contributed by atoms with E-state index < -0.39 is 0 Å². The van der Waals surface area contributed by atoms with Gasteiger partial charge in [0.15, 0.2) is 0 Å². The van der Waals surface area contributed by atoms with Crippen LogP contribution in [0.5, 0.6) is 0 Å². The Morgan fingerprint density at radius 1 is 0.596 bits per heavy atom. The molecule has 0 aromatic carbocycles. The normalized spacial score (nSPS) is 48.3. The molecule has 57 heavy (non-hydrogen) atoms. The largest absolute Gasteiger partial charge is 0.365 e. The third kappa shape index (κ3) is 6.46. The summed E-state index contributed by atoms with van der Waals surface area (Å²) in [4.78, 5) is 3.12. The third-order valence-corrected chi connectivity index (χ3v) is 18.7. The number of nitrogens with zero attached hydrogens (tertiary/aromatic N) is 1. The molecule has 0 N–H and O–H groups in total. The number of rotatable bonds is 6. The predicted octanol–water partition coefficient (Wildman–Crippen LogP) is 13.1. The van der Waals surface area contributed by atoms with Gasteiger partial charge in [0.1, 0.15) is 0 Å². The summed E-state index contributed by atoms with van der Waals surface area (Å²) in [6.07, 6.45) is 63.3. The second kappa shape index (κ2) is 15.2. The minimum Gasteiger partial charge on any atom is -0.365 e. The van der Waals surface area contributed by atoms with Crippen LogP contribution >= 0.6 is 0 Å². The second-order valence-corrected chi connectivity index (χ2v) is 21.5. The molecule has 3 saturated carbocycles. The molecule has 0 radical (unpaired) electrons. The van der Waals surface area contributed by atoms with Crippen molar-refractivity contribution in [1.29, 1.82) is 0 Å². The maximum atomic E-state index is 6.87. The van der Waals surface area contributed by atoms with Gasteiger partial charge >= 0.3 is 0 Å². The average Bonchev–Trinajstić information content (AvgIpc) is 3.69. The fourth-order valence-corrected chi connectivity index (χ4v) is 16.3. The lowest BCUT2D eigenvalue weighted by atomic mass is 9.52. The van der Waals surface area contributed by atoms with Crippen molar-refractivity contribution in [3.05, 3.63) is 107 Å². The number of allylic oxidation sites excluding steroid dienone is 10. The van der Waals surface area contributed by atoms with Gasteiger partial charge in [0.25, 0.3) is 0 Å². The zero-order valence-corrected chi connectivity index (χ0v) is 34.9. The zero-order chi connectivity index (χ0) is 37.5. The van der Waals surface area contributed by atoms with Gasteiger partial charge in [0.2, 0.25) is 0 Å². The molecule has 0 aromatic heterocycles. The van der Waals surface area contributed by atoms with Crippen molar-refractivity contribution in [3.8, 4) is 0 Å². The Balaban J connectivity index is 0.874. The molecule has 0 aromatic rings. The SMILES string of the molecule is C1=CC2OC3C(=CC=CC3C3=CC(C4CC(C5=CC(C6C=CCCC6)CC(C6CC7CCCCC7C7CCCCC67)=C5)N5C(C6=CCCCC6)C45)CCC3)C2C=C1. The molecule has 6 fully saturated rings. The fourth-order valence-electron chi connectivity index (χ4n) is 16.3. The summed E-state index contributed by atoms with van der Waals surface area (Å²) in [6.45, 7) is 0. The molecule has 12 rings (SSSR count). The Morgan fingerprint density at radius 3 is 2.33 bits per heavy atom. The Bertz CT molecular complexity index is 1850. The Morgan fingerprint density at radius 2 is 1.44 bits per heavy atom. The van der Waals surface area contributed by atoms with Crippen LogP contribution in [0.15, 0.2) is 107 Å². The summed E-state index contributed by atoms with van der Waals surface area (Å²) in [5, 5.41) is 0. The number of piperidine rings is 1. The molecule has 3 aliphatic heterocycles. The van der Waals surface area contributed by atoms with E-state index in [-0.39, 0.29) is 12.2 Å². The van der Waals surface area contributed by atoms with Crippen molar-refractivity contribution in [2.24, 2.45) is 65.1 Å². The van der Waals surface area contributed by atoms with Crippen molar-refractivity contribution < 1.29 is 4.74 Å². The van der Waals surface area contributed by atoms with Crippen LogP contribution in [-0.2, 0) is 4.74 Å². The van der Waals surface area contributed by atoms with Gasteiger partial charge in [-0.1, -0.05) is 128 Å². The molecular weight excluding hydrogens is 691 g/mol. The zero-order valence-electron chi connectivity index (χ0n) is 34.9. The van der Waals surface area contributed by atoms with Gasteiger partial charge in [0.05, 0.1) is 12.2 Å². The van der Waals surface area contributed by atoms with Gasteiger partial charge in [-0.25, -0.2) is 0 Å². The van der Waals surface area contributed by atoms with E-state index in [4.69, 9.17) is 4.74 Å². The maximum Gasteiger partial charge on any atom is 0.0903 e. The van der Waals surface area contributed by atoms with Crippen LogP contribution in [0.4, 0.5) is 0 Å². The van der Waals surface area contributed by atoms with E-state index in [2.05, 4.69) is 83.9 Å². The molecule has 2 nitrogen and oxygen atoms in total. The first-order valence-electron chi connectivity index (χ1n) is 24.9. The van der Waals surface area contributed by atoms with Crippen molar-refractivity contribution in [3.63, 3.8) is 0 Å². The molecule has 302 valence electrons. The Kier molecular flexibility index (Phi) is 9.74. The molecule has 17 atom stereocenters. The van der Waals surface area contributed by atoms with Gasteiger partial charge in [-0.05, 0) is 167 Å². The highest BCUT2D eigenvalue weighted by atomic mass is 16.5. The summed E-state index contributed by atoms with van der Waals surface area (Å²) in [6, 6.07) is 2.05. The standard InChI is InChI=1S/C55H71NO/c1-3-15-35(16-4-1)40-30-41(49-33-39-19-7-8-22-43(39)45-23-9-10-24-46(45)49)32-42(31-40)51-34-50(54-53(56(51)54)36-17-5-2-6-18-36)38-21-13-20-37(29-38)44-26-14-27-48-47-25-11-12-28-52(47)57-55(44)48/h3,11-12,14-15,17,25-29,31-32,35,38-40,43-47,49-55H,1-2,4-10,13,16,18-24,30,33-34H2. The first-order chi connectivity index (χ1) is 28.3. The first-order valence-corrected chi connectivity index (χ1v) is 24.9. The molecule has 0 amide bonds. The lowest BCUT2D eigenvalue weighted by Gasteiger charge is -2.53. The van der Waals surface area contributed by atoms with Crippen LogP contribution in [0.3, 0.4) is 0 Å². The van der Waals surface area contributed by atoms with Gasteiger partial charge in [-0.15, -0.1) is 0 Å². The molecule has 3 heterocycles. The van der Waals surface area contributed by atoms with Gasteiger partial charge < -0.3 is 4.74 Å². The van der Waals surface area contributed by atoms with Crippen LogP contribution < -0.4 is 0 Å². The van der Waals surface area contributed by atoms with E-state index in [9.17, 15) is 0 Å². The molecule has 0 bridgehead atoms.